The van der Waals surface area contributed by atoms with Crippen molar-refractivity contribution >= 4 is 13.7 Å². The van der Waals surface area contributed by atoms with E-state index < -0.39 is 25.9 Å². The summed E-state index contributed by atoms with van der Waals surface area (Å²) in [5.41, 5.74) is 5.09. The van der Waals surface area contributed by atoms with Crippen LogP contribution in [0.2, 0.25) is 0 Å². The van der Waals surface area contributed by atoms with Crippen molar-refractivity contribution in [3.05, 3.63) is 0 Å². The first-order valence-corrected chi connectivity index (χ1v) is 5.81. The smallest absolute Gasteiger partial charge is 0.401 e. The molecule has 0 rings (SSSR count). The van der Waals surface area contributed by atoms with Crippen molar-refractivity contribution in [3.8, 4) is 0 Å². The van der Waals surface area contributed by atoms with Gasteiger partial charge in [0.25, 0.3) is 0 Å². The van der Waals surface area contributed by atoms with E-state index in [1.165, 1.54) is 0 Å². The lowest BCUT2D eigenvalue weighted by Crippen LogP contribution is -2.35. The maximum Gasteiger partial charge on any atom is 0.401 e. The van der Waals surface area contributed by atoms with Crippen LogP contribution in [0.4, 0.5) is 0 Å². The Balaban J connectivity index is 4.18. The predicted octanol–water partition coefficient (Wildman–Crippen LogP) is -1.78. The largest absolute Gasteiger partial charge is 0.480 e. The van der Waals surface area contributed by atoms with E-state index in [2.05, 4.69) is 0 Å². The van der Waals surface area contributed by atoms with E-state index in [-0.39, 0.29) is 19.4 Å². The zero-order valence-electron chi connectivity index (χ0n) is 7.91. The quantitative estimate of drug-likeness (QED) is 0.286. The molecule has 9 heteroatoms. The van der Waals surface area contributed by atoms with E-state index >= 15 is 0 Å². The molecule has 0 unspecified atom stereocenters. The molecule has 0 aromatic heterocycles. The van der Waals surface area contributed by atoms with Crippen molar-refractivity contribution in [1.82, 2.24) is 5.09 Å². The third-order valence-electron chi connectivity index (χ3n) is 1.68. The van der Waals surface area contributed by atoms with Crippen molar-refractivity contribution in [2.24, 2.45) is 5.73 Å². The Morgan fingerprint density at radius 1 is 1.40 bits per heavy atom. The van der Waals surface area contributed by atoms with Gasteiger partial charge in [-0.3, -0.25) is 4.79 Å². The normalized spacial score (nSPS) is 16.0. The minimum atomic E-state index is -4.59. The van der Waals surface area contributed by atoms with E-state index in [0.717, 1.165) is 0 Å². The maximum atomic E-state index is 10.6. The summed E-state index contributed by atoms with van der Waals surface area (Å²) in [5.74, 6) is -1.39. The van der Waals surface area contributed by atoms with Gasteiger partial charge in [0, 0.05) is 6.54 Å². The molecule has 0 aliphatic rings. The van der Waals surface area contributed by atoms with Gasteiger partial charge in [-0.2, -0.15) is 0 Å². The highest BCUT2D eigenvalue weighted by Gasteiger charge is 2.25. The van der Waals surface area contributed by atoms with Crippen LogP contribution in [-0.4, -0.2) is 44.7 Å². The molecule has 0 saturated carbocycles. The Morgan fingerprint density at radius 3 is 2.27 bits per heavy atom. The summed E-state index contributed by atoms with van der Waals surface area (Å²) in [7, 11) is -4.59. The van der Waals surface area contributed by atoms with Crippen LogP contribution in [0.15, 0.2) is 0 Å². The molecule has 0 spiro atoms. The summed E-state index contributed by atoms with van der Waals surface area (Å²) in [6.07, 6.45) is -0.926. The van der Waals surface area contributed by atoms with Crippen molar-refractivity contribution in [2.45, 2.75) is 25.0 Å². The molecule has 15 heavy (non-hydrogen) atoms. The van der Waals surface area contributed by atoms with Gasteiger partial charge >= 0.3 is 13.7 Å². The number of carbonyl (C=O) groups is 1. The van der Waals surface area contributed by atoms with E-state index in [0.29, 0.717) is 0 Å². The van der Waals surface area contributed by atoms with Crippen LogP contribution in [-0.2, 0) is 9.36 Å². The Kier molecular flexibility index (Phi) is 5.96. The molecular weight excluding hydrogens is 227 g/mol. The van der Waals surface area contributed by atoms with E-state index in [4.69, 9.17) is 25.7 Å². The molecular formula is C6H15N2O6P. The van der Waals surface area contributed by atoms with Gasteiger partial charge in [0.2, 0.25) is 0 Å². The van der Waals surface area contributed by atoms with Gasteiger partial charge in [-0.25, -0.2) is 9.65 Å². The van der Waals surface area contributed by atoms with Crippen LogP contribution in [0.25, 0.3) is 0 Å². The number of rotatable bonds is 7. The number of aliphatic carboxylic acids is 1. The number of hydrogen-bond acceptors (Lipinski definition) is 4. The first-order valence-electron chi connectivity index (χ1n) is 4.20. The molecule has 0 fully saturated rings. The number of aliphatic hydroxyl groups excluding tert-OH is 1. The van der Waals surface area contributed by atoms with Gasteiger partial charge < -0.3 is 25.7 Å². The molecule has 0 aliphatic carbocycles. The number of nitrogens with two attached hydrogens (primary N) is 1. The fourth-order valence-electron chi connectivity index (χ4n) is 0.923. The van der Waals surface area contributed by atoms with Crippen molar-refractivity contribution in [1.29, 1.82) is 0 Å². The average molecular weight is 242 g/mol. The summed E-state index contributed by atoms with van der Waals surface area (Å²) in [6.45, 7) is -0.0255. The Labute approximate surface area is 86.3 Å². The lowest BCUT2D eigenvalue weighted by molar-refractivity contribution is -0.139. The molecule has 8 nitrogen and oxygen atoms in total. The first-order chi connectivity index (χ1) is 6.76. The lowest BCUT2D eigenvalue weighted by atomic mass is 10.1. The fraction of sp³-hybridized carbons (Fsp3) is 0.833. The van der Waals surface area contributed by atoms with Crippen LogP contribution in [0.5, 0.6) is 0 Å². The van der Waals surface area contributed by atoms with Crippen molar-refractivity contribution in [2.75, 3.05) is 6.54 Å². The average Bonchev–Trinajstić information content (AvgIpc) is 2.09. The molecule has 7 N–H and O–H groups in total. The minimum Gasteiger partial charge on any atom is -0.480 e. The SMILES string of the molecule is NC[C@H](O)CC[C@H](NP(=O)(O)O)C(=O)O. The Hall–Kier alpha value is -0.500. The third-order valence-corrected chi connectivity index (χ3v) is 2.33. The third kappa shape index (κ3) is 7.43. The topological polar surface area (TPSA) is 153 Å². The number of aliphatic hydroxyl groups is 1. The molecule has 2 atom stereocenters. The molecule has 0 heterocycles. The molecule has 0 aromatic carbocycles. The van der Waals surface area contributed by atoms with Gasteiger partial charge in [-0.15, -0.1) is 0 Å². The highest BCUT2D eigenvalue weighted by Crippen LogP contribution is 2.29. The molecule has 90 valence electrons. The molecule has 0 saturated heterocycles. The molecule has 0 amide bonds. The van der Waals surface area contributed by atoms with Gasteiger partial charge in [-0.1, -0.05) is 0 Å². The van der Waals surface area contributed by atoms with Crippen LogP contribution in [0.3, 0.4) is 0 Å². The number of carboxylic acids is 1. The minimum absolute atomic E-state index is 0.0255. The van der Waals surface area contributed by atoms with E-state index in [9.17, 15) is 9.36 Å². The molecule has 0 radical (unpaired) electrons. The van der Waals surface area contributed by atoms with Crippen molar-refractivity contribution < 1.29 is 29.4 Å². The Bertz CT molecular complexity index is 254. The second-order valence-electron chi connectivity index (χ2n) is 3.03. The van der Waals surface area contributed by atoms with Crippen molar-refractivity contribution in [3.63, 3.8) is 0 Å². The van der Waals surface area contributed by atoms with Crippen LogP contribution >= 0.6 is 7.75 Å². The van der Waals surface area contributed by atoms with Gasteiger partial charge in [0.1, 0.15) is 6.04 Å². The fourth-order valence-corrected chi connectivity index (χ4v) is 1.57. The summed E-state index contributed by atoms with van der Waals surface area (Å²) >= 11 is 0. The van der Waals surface area contributed by atoms with Crippen LogP contribution < -0.4 is 10.8 Å². The Morgan fingerprint density at radius 2 is 1.93 bits per heavy atom. The highest BCUT2D eigenvalue weighted by atomic mass is 31.2. The zero-order chi connectivity index (χ0) is 12.1. The highest BCUT2D eigenvalue weighted by molar-refractivity contribution is 7.49. The lowest BCUT2D eigenvalue weighted by Gasteiger charge is -2.16. The first kappa shape index (κ1) is 14.5. The van der Waals surface area contributed by atoms with Gasteiger partial charge in [0.15, 0.2) is 0 Å². The van der Waals surface area contributed by atoms with Gasteiger partial charge in [0.05, 0.1) is 6.10 Å². The number of hydrogen-bond donors (Lipinski definition) is 6. The zero-order valence-corrected chi connectivity index (χ0v) is 8.80. The second kappa shape index (κ2) is 6.16. The van der Waals surface area contributed by atoms with Crippen LogP contribution in [0.1, 0.15) is 12.8 Å². The van der Waals surface area contributed by atoms with E-state index in [1.807, 2.05) is 0 Å². The number of nitrogens with one attached hydrogen (secondary N) is 1. The predicted molar refractivity (Wildman–Crippen MR) is 50.9 cm³/mol. The molecule has 0 aliphatic heterocycles. The summed E-state index contributed by atoms with van der Waals surface area (Å²) in [5, 5.41) is 19.3. The molecule has 0 bridgehead atoms. The maximum absolute atomic E-state index is 10.6. The monoisotopic (exact) mass is 242 g/mol. The summed E-state index contributed by atoms with van der Waals surface area (Å²) < 4.78 is 10.5. The van der Waals surface area contributed by atoms with Gasteiger partial charge in [-0.05, 0) is 12.8 Å². The van der Waals surface area contributed by atoms with E-state index in [1.54, 1.807) is 5.09 Å². The summed E-state index contributed by atoms with van der Waals surface area (Å²) in [6, 6.07) is -1.40. The molecule has 0 aromatic rings. The van der Waals surface area contributed by atoms with Crippen LogP contribution in [0, 0.1) is 0 Å². The summed E-state index contributed by atoms with van der Waals surface area (Å²) in [4.78, 5) is 27.6. The number of carboxylic acid groups (broad SMARTS) is 1. The second-order valence-corrected chi connectivity index (χ2v) is 4.38. The standard InChI is InChI=1S/C6H15N2O6P/c7-3-4(9)1-2-5(6(10)11)8-15(12,13)14/h4-5,9H,1-3,7H2,(H,10,11)(H3,8,12,13,14)/t4-,5+/m1/s1.